The second kappa shape index (κ2) is 6.97. The molecular formula is C22H18ClN3O2S. The summed E-state index contributed by atoms with van der Waals surface area (Å²) in [5, 5.41) is 15.5. The minimum absolute atomic E-state index is 0.294. The van der Waals surface area contributed by atoms with Crippen molar-refractivity contribution in [3.05, 3.63) is 71.1 Å². The molecule has 1 N–H and O–H groups in total. The van der Waals surface area contributed by atoms with Crippen LogP contribution in [-0.2, 0) is 7.05 Å². The second-order valence-electron chi connectivity index (χ2n) is 7.29. The summed E-state index contributed by atoms with van der Waals surface area (Å²) < 4.78 is 4.06. The number of aromatic carboxylic acids is 1. The van der Waals surface area contributed by atoms with Crippen LogP contribution in [0.5, 0.6) is 0 Å². The molecule has 1 saturated carbocycles. The average Bonchev–Trinajstić information content (AvgIpc) is 3.38. The van der Waals surface area contributed by atoms with Gasteiger partial charge in [0.25, 0.3) is 0 Å². The number of carboxylic acid groups (broad SMARTS) is 1. The number of benzene rings is 2. The number of halogens is 1. The molecule has 1 fully saturated rings. The van der Waals surface area contributed by atoms with Gasteiger partial charge in [-0.15, -0.1) is 0 Å². The zero-order valence-corrected chi connectivity index (χ0v) is 17.2. The van der Waals surface area contributed by atoms with Crippen LogP contribution in [0.1, 0.15) is 34.8 Å². The number of carboxylic acids is 1. The van der Waals surface area contributed by atoms with Crippen molar-refractivity contribution in [1.29, 1.82) is 0 Å². The van der Waals surface area contributed by atoms with Crippen molar-refractivity contribution in [1.82, 2.24) is 14.3 Å². The van der Waals surface area contributed by atoms with E-state index in [-0.39, 0.29) is 0 Å². The Morgan fingerprint density at radius 1 is 1.24 bits per heavy atom. The zero-order valence-electron chi connectivity index (χ0n) is 15.7. The zero-order chi connectivity index (χ0) is 20.1. The van der Waals surface area contributed by atoms with Crippen molar-refractivity contribution in [2.75, 3.05) is 0 Å². The van der Waals surface area contributed by atoms with Crippen molar-refractivity contribution in [2.45, 2.75) is 28.6 Å². The SMILES string of the molecule is Cn1cc(-n2c(C3CC3)c(Sc3cccc(C(=O)O)c3)c3ccc(Cl)cc32)cn1. The van der Waals surface area contributed by atoms with Gasteiger partial charge in [-0.2, -0.15) is 5.10 Å². The summed E-state index contributed by atoms with van der Waals surface area (Å²) >= 11 is 7.97. The molecule has 0 aliphatic heterocycles. The van der Waals surface area contributed by atoms with Crippen LogP contribution in [-0.4, -0.2) is 25.4 Å². The Labute approximate surface area is 176 Å². The van der Waals surface area contributed by atoms with Crippen LogP contribution in [0.4, 0.5) is 0 Å². The Morgan fingerprint density at radius 3 is 2.76 bits per heavy atom. The van der Waals surface area contributed by atoms with E-state index >= 15 is 0 Å². The van der Waals surface area contributed by atoms with Gasteiger partial charge < -0.3 is 9.67 Å². The predicted molar refractivity (Wildman–Crippen MR) is 115 cm³/mol. The molecule has 1 aliphatic rings. The molecule has 0 radical (unpaired) electrons. The van der Waals surface area contributed by atoms with Crippen LogP contribution >= 0.6 is 23.4 Å². The summed E-state index contributed by atoms with van der Waals surface area (Å²) in [5.74, 6) is -0.439. The quantitative estimate of drug-likeness (QED) is 0.444. The molecule has 4 aromatic rings. The van der Waals surface area contributed by atoms with Crippen LogP contribution < -0.4 is 0 Å². The maximum atomic E-state index is 11.4. The van der Waals surface area contributed by atoms with E-state index in [1.54, 1.807) is 34.6 Å². The van der Waals surface area contributed by atoms with E-state index in [1.807, 2.05) is 37.6 Å². The molecule has 0 saturated heterocycles. The molecular weight excluding hydrogens is 406 g/mol. The Balaban J connectivity index is 1.74. The lowest BCUT2D eigenvalue weighted by atomic mass is 10.2. The fourth-order valence-electron chi connectivity index (χ4n) is 3.70. The lowest BCUT2D eigenvalue weighted by Crippen LogP contribution is -1.99. The molecule has 5 rings (SSSR count). The first-order valence-electron chi connectivity index (χ1n) is 9.35. The van der Waals surface area contributed by atoms with Crippen LogP contribution in [0, 0.1) is 0 Å². The summed E-state index contributed by atoms with van der Waals surface area (Å²) in [6, 6.07) is 13.1. The van der Waals surface area contributed by atoms with Gasteiger partial charge in [-0.05, 0) is 43.2 Å². The number of nitrogens with zero attached hydrogens (tertiary/aromatic N) is 3. The highest BCUT2D eigenvalue weighted by molar-refractivity contribution is 7.99. The van der Waals surface area contributed by atoms with Gasteiger partial charge in [0.05, 0.1) is 23.0 Å². The van der Waals surface area contributed by atoms with Crippen LogP contribution in [0.15, 0.2) is 64.6 Å². The molecule has 0 amide bonds. The molecule has 2 aromatic heterocycles. The maximum absolute atomic E-state index is 11.4. The molecule has 7 heteroatoms. The second-order valence-corrected chi connectivity index (χ2v) is 8.81. The number of carbonyl (C=O) groups is 1. The highest BCUT2D eigenvalue weighted by Crippen LogP contribution is 2.50. The van der Waals surface area contributed by atoms with E-state index in [9.17, 15) is 9.90 Å². The van der Waals surface area contributed by atoms with Gasteiger partial charge in [-0.1, -0.05) is 35.5 Å². The van der Waals surface area contributed by atoms with Crippen molar-refractivity contribution in [3.8, 4) is 5.69 Å². The molecule has 2 heterocycles. The molecule has 5 nitrogen and oxygen atoms in total. The lowest BCUT2D eigenvalue weighted by molar-refractivity contribution is 0.0696. The standard InChI is InChI=1S/C22H18ClN3O2S/c1-25-12-16(11-24-25)26-19-10-15(23)7-8-18(19)21(20(26)13-5-6-13)29-17-4-2-3-14(9-17)22(27)28/h2-4,7-13H,5-6H2,1H3,(H,27,28). The molecule has 0 unspecified atom stereocenters. The topological polar surface area (TPSA) is 60.0 Å². The fraction of sp³-hybridized carbons (Fsp3) is 0.182. The van der Waals surface area contributed by atoms with E-state index in [2.05, 4.69) is 15.7 Å². The highest BCUT2D eigenvalue weighted by Gasteiger charge is 2.33. The largest absolute Gasteiger partial charge is 0.478 e. The minimum Gasteiger partial charge on any atom is -0.478 e. The van der Waals surface area contributed by atoms with Crippen molar-refractivity contribution >= 4 is 40.2 Å². The fourth-order valence-corrected chi connectivity index (χ4v) is 5.08. The van der Waals surface area contributed by atoms with Crippen molar-refractivity contribution in [2.24, 2.45) is 7.05 Å². The van der Waals surface area contributed by atoms with E-state index in [0.29, 0.717) is 16.5 Å². The molecule has 0 bridgehead atoms. The number of rotatable bonds is 5. The summed E-state index contributed by atoms with van der Waals surface area (Å²) in [6.07, 6.45) is 6.16. The van der Waals surface area contributed by atoms with Gasteiger partial charge in [0.1, 0.15) is 0 Å². The maximum Gasteiger partial charge on any atom is 0.335 e. The number of aromatic nitrogens is 3. The third-order valence-electron chi connectivity index (χ3n) is 5.13. The normalized spacial score (nSPS) is 13.9. The summed E-state index contributed by atoms with van der Waals surface area (Å²) in [7, 11) is 1.91. The summed E-state index contributed by atoms with van der Waals surface area (Å²) in [6.45, 7) is 0. The van der Waals surface area contributed by atoms with Gasteiger partial charge >= 0.3 is 5.97 Å². The van der Waals surface area contributed by atoms with E-state index in [1.165, 1.54) is 5.69 Å². The molecule has 29 heavy (non-hydrogen) atoms. The monoisotopic (exact) mass is 423 g/mol. The van der Waals surface area contributed by atoms with Gasteiger partial charge in [-0.25, -0.2) is 4.79 Å². The van der Waals surface area contributed by atoms with Crippen molar-refractivity contribution in [3.63, 3.8) is 0 Å². The third-order valence-corrected chi connectivity index (χ3v) is 6.49. The van der Waals surface area contributed by atoms with Gasteiger partial charge in [0.15, 0.2) is 0 Å². The molecule has 0 atom stereocenters. The number of hydrogen-bond acceptors (Lipinski definition) is 3. The number of aryl methyl sites for hydroxylation is 1. The highest BCUT2D eigenvalue weighted by atomic mass is 35.5. The first kappa shape index (κ1) is 18.3. The van der Waals surface area contributed by atoms with Gasteiger partial charge in [0.2, 0.25) is 0 Å². The van der Waals surface area contributed by atoms with Crippen LogP contribution in [0.3, 0.4) is 0 Å². The number of fused-ring (bicyclic) bond motifs is 1. The molecule has 0 spiro atoms. The Kier molecular flexibility index (Phi) is 4.41. The minimum atomic E-state index is -0.917. The van der Waals surface area contributed by atoms with Gasteiger partial charge in [0, 0.05) is 45.1 Å². The summed E-state index contributed by atoms with van der Waals surface area (Å²) in [4.78, 5) is 13.5. The third kappa shape index (κ3) is 3.32. The molecule has 2 aromatic carbocycles. The van der Waals surface area contributed by atoms with E-state index in [4.69, 9.17) is 11.6 Å². The van der Waals surface area contributed by atoms with Gasteiger partial charge in [-0.3, -0.25) is 4.68 Å². The van der Waals surface area contributed by atoms with Crippen LogP contribution in [0.25, 0.3) is 16.6 Å². The Morgan fingerprint density at radius 2 is 2.07 bits per heavy atom. The summed E-state index contributed by atoms with van der Waals surface area (Å²) in [5.41, 5.74) is 3.60. The van der Waals surface area contributed by atoms with Crippen LogP contribution in [0.2, 0.25) is 5.02 Å². The number of hydrogen-bond donors (Lipinski definition) is 1. The Bertz CT molecular complexity index is 1260. The van der Waals surface area contributed by atoms with Crippen molar-refractivity contribution < 1.29 is 9.90 Å². The Hall–Kier alpha value is -2.70. The lowest BCUT2D eigenvalue weighted by Gasteiger charge is -2.10. The first-order chi connectivity index (χ1) is 14.0. The molecule has 1 aliphatic carbocycles. The predicted octanol–water partition coefficient (Wildman–Crippen LogP) is 5.74. The first-order valence-corrected chi connectivity index (χ1v) is 10.5. The average molecular weight is 424 g/mol. The smallest absolute Gasteiger partial charge is 0.335 e. The van der Waals surface area contributed by atoms with E-state index < -0.39 is 5.97 Å². The molecule has 146 valence electrons. The van der Waals surface area contributed by atoms with E-state index in [0.717, 1.165) is 39.2 Å².